The number of ether oxygens (including phenoxy) is 2. The van der Waals surface area contributed by atoms with Crippen LogP contribution in [0.3, 0.4) is 0 Å². The monoisotopic (exact) mass is 170 g/mol. The van der Waals surface area contributed by atoms with Gasteiger partial charge in [0.15, 0.2) is 0 Å². The zero-order chi connectivity index (χ0) is 8.46. The molecule has 0 aromatic heterocycles. The van der Waals surface area contributed by atoms with Crippen molar-refractivity contribution in [1.82, 2.24) is 0 Å². The molecule has 1 N–H and O–H groups in total. The first-order valence-corrected chi connectivity index (χ1v) is 4.69. The first kappa shape index (κ1) is 7.30. The highest BCUT2D eigenvalue weighted by atomic mass is 16.6. The smallest absolute Gasteiger partial charge is 0.113 e. The molecule has 0 aromatic carbocycles. The fraction of sp³-hybridized carbons (Fsp3) is 1.00. The summed E-state index contributed by atoms with van der Waals surface area (Å²) in [4.78, 5) is 0. The molecule has 0 radical (unpaired) electrons. The Bertz CT molecular complexity index is 188. The molecule has 68 valence electrons. The maximum Gasteiger partial charge on any atom is 0.113 e. The molecule has 4 fully saturated rings. The van der Waals surface area contributed by atoms with Gasteiger partial charge in [0.25, 0.3) is 0 Å². The highest BCUT2D eigenvalue weighted by molar-refractivity contribution is 5.09. The van der Waals surface area contributed by atoms with Gasteiger partial charge in [0.05, 0.1) is 18.3 Å². The van der Waals surface area contributed by atoms with Crippen LogP contribution in [0.5, 0.6) is 0 Å². The van der Waals surface area contributed by atoms with Crippen LogP contribution < -0.4 is 0 Å². The van der Waals surface area contributed by atoms with Crippen LogP contribution >= 0.6 is 0 Å². The van der Waals surface area contributed by atoms with Crippen LogP contribution in [0.15, 0.2) is 0 Å². The number of hydrogen-bond donors (Lipinski definition) is 1. The van der Waals surface area contributed by atoms with Crippen molar-refractivity contribution >= 4 is 0 Å². The van der Waals surface area contributed by atoms with Crippen molar-refractivity contribution in [1.29, 1.82) is 0 Å². The third kappa shape index (κ3) is 0.605. The number of aliphatic hydroxyl groups is 1. The zero-order valence-corrected chi connectivity index (χ0v) is 7.31. The van der Waals surface area contributed by atoms with E-state index in [-0.39, 0.29) is 24.4 Å². The van der Waals surface area contributed by atoms with E-state index in [1.807, 2.05) is 0 Å². The van der Waals surface area contributed by atoms with Crippen molar-refractivity contribution in [2.24, 2.45) is 11.8 Å². The Kier molecular flexibility index (Phi) is 1.23. The van der Waals surface area contributed by atoms with Gasteiger partial charge in [0, 0.05) is 11.8 Å². The minimum atomic E-state index is -0.383. The molecule has 4 aliphatic rings. The van der Waals surface area contributed by atoms with Gasteiger partial charge in [-0.3, -0.25) is 0 Å². The van der Waals surface area contributed by atoms with Crippen LogP contribution in [0.25, 0.3) is 0 Å². The third-order valence-corrected chi connectivity index (χ3v) is 3.70. The summed E-state index contributed by atoms with van der Waals surface area (Å²) in [5.74, 6) is 0.809. The second kappa shape index (κ2) is 2.03. The van der Waals surface area contributed by atoms with Gasteiger partial charge in [0.1, 0.15) is 12.2 Å². The summed E-state index contributed by atoms with van der Waals surface area (Å²) >= 11 is 0. The molecule has 0 aromatic rings. The summed E-state index contributed by atoms with van der Waals surface area (Å²) < 4.78 is 11.4. The fourth-order valence-corrected chi connectivity index (χ4v) is 3.02. The lowest BCUT2D eigenvalue weighted by Gasteiger charge is -2.37. The molecule has 4 saturated heterocycles. The molecule has 3 unspecified atom stereocenters. The molecule has 4 heterocycles. The second-order valence-electron chi connectivity index (χ2n) is 4.34. The van der Waals surface area contributed by atoms with E-state index >= 15 is 0 Å². The summed E-state index contributed by atoms with van der Waals surface area (Å²) in [6.45, 7) is 4.26. The summed E-state index contributed by atoms with van der Waals surface area (Å²) in [6.07, 6.45) is 0.0979. The van der Waals surface area contributed by atoms with E-state index in [1.165, 1.54) is 0 Å². The van der Waals surface area contributed by atoms with E-state index in [0.29, 0.717) is 17.9 Å². The van der Waals surface area contributed by atoms with E-state index < -0.39 is 0 Å². The molecule has 4 aliphatic heterocycles. The van der Waals surface area contributed by atoms with Crippen LogP contribution in [0.2, 0.25) is 0 Å². The third-order valence-electron chi connectivity index (χ3n) is 3.70. The minimum absolute atomic E-state index is 0.0359. The molecular formula is C9H14O3. The summed E-state index contributed by atoms with van der Waals surface area (Å²) in [5, 5.41) is 9.74. The van der Waals surface area contributed by atoms with Crippen molar-refractivity contribution < 1.29 is 14.6 Å². The molecule has 3 heteroatoms. The lowest BCUT2D eigenvalue weighted by molar-refractivity contribution is -0.149. The SMILES string of the molecule is CC1C2O[C@H]3[C@H](O)[C@@H]1O[C@H]3C2C. The van der Waals surface area contributed by atoms with Gasteiger partial charge in [-0.2, -0.15) is 0 Å². The lowest BCUT2D eigenvalue weighted by atomic mass is 9.87. The molecule has 0 aliphatic carbocycles. The number of aliphatic hydroxyl groups excluding tert-OH is 1. The molecule has 0 saturated carbocycles. The van der Waals surface area contributed by atoms with Crippen molar-refractivity contribution in [2.45, 2.75) is 44.4 Å². The van der Waals surface area contributed by atoms with Gasteiger partial charge in [-0.1, -0.05) is 13.8 Å². The average molecular weight is 170 g/mol. The molecule has 0 spiro atoms. The van der Waals surface area contributed by atoms with E-state index in [4.69, 9.17) is 9.47 Å². The summed E-state index contributed by atoms with van der Waals surface area (Å²) in [7, 11) is 0. The molecule has 0 amide bonds. The van der Waals surface area contributed by atoms with Crippen molar-refractivity contribution in [3.63, 3.8) is 0 Å². The van der Waals surface area contributed by atoms with E-state index in [2.05, 4.69) is 13.8 Å². The van der Waals surface area contributed by atoms with E-state index in [9.17, 15) is 5.11 Å². The molecular weight excluding hydrogens is 156 g/mol. The Morgan fingerprint density at radius 2 is 1.42 bits per heavy atom. The van der Waals surface area contributed by atoms with Crippen LogP contribution in [0.1, 0.15) is 13.8 Å². The van der Waals surface area contributed by atoms with Gasteiger partial charge in [-0.15, -0.1) is 0 Å². The summed E-state index contributed by atoms with van der Waals surface area (Å²) in [5.41, 5.74) is 0. The number of hydrogen-bond acceptors (Lipinski definition) is 3. The predicted molar refractivity (Wildman–Crippen MR) is 41.7 cm³/mol. The quantitative estimate of drug-likeness (QED) is 0.563. The Labute approximate surface area is 71.7 Å². The van der Waals surface area contributed by atoms with Crippen molar-refractivity contribution in [3.8, 4) is 0 Å². The first-order valence-electron chi connectivity index (χ1n) is 4.69. The van der Waals surface area contributed by atoms with Gasteiger partial charge in [-0.05, 0) is 0 Å². The normalized spacial score (nSPS) is 67.8. The predicted octanol–water partition coefficient (Wildman–Crippen LogP) is 0.168. The Hall–Kier alpha value is -0.120. The maximum atomic E-state index is 9.74. The molecule has 4 bridgehead atoms. The number of rotatable bonds is 0. The molecule has 12 heavy (non-hydrogen) atoms. The molecule has 4 rings (SSSR count). The average Bonchev–Trinajstić information content (AvgIpc) is 2.43. The molecule has 7 atom stereocenters. The lowest BCUT2D eigenvalue weighted by Crippen LogP contribution is -2.47. The highest BCUT2D eigenvalue weighted by Gasteiger charge is 2.63. The summed E-state index contributed by atoms with van der Waals surface area (Å²) in [6, 6.07) is 0. The van der Waals surface area contributed by atoms with Crippen LogP contribution in [-0.4, -0.2) is 35.6 Å². The van der Waals surface area contributed by atoms with Crippen LogP contribution in [0, 0.1) is 11.8 Å². The fourth-order valence-electron chi connectivity index (χ4n) is 3.02. The van der Waals surface area contributed by atoms with Crippen molar-refractivity contribution in [3.05, 3.63) is 0 Å². The van der Waals surface area contributed by atoms with Gasteiger partial charge < -0.3 is 14.6 Å². The van der Waals surface area contributed by atoms with E-state index in [0.717, 1.165) is 0 Å². The van der Waals surface area contributed by atoms with E-state index in [1.54, 1.807) is 0 Å². The zero-order valence-electron chi connectivity index (χ0n) is 7.31. The first-order chi connectivity index (χ1) is 5.70. The highest BCUT2D eigenvalue weighted by Crippen LogP contribution is 2.49. The topological polar surface area (TPSA) is 38.7 Å². The van der Waals surface area contributed by atoms with Gasteiger partial charge in [-0.25, -0.2) is 0 Å². The molecule has 3 nitrogen and oxygen atoms in total. The second-order valence-corrected chi connectivity index (χ2v) is 4.34. The largest absolute Gasteiger partial charge is 0.388 e. The van der Waals surface area contributed by atoms with Crippen molar-refractivity contribution in [2.75, 3.05) is 0 Å². The maximum absolute atomic E-state index is 9.74. The van der Waals surface area contributed by atoms with Crippen LogP contribution in [0.4, 0.5) is 0 Å². The standard InChI is InChI=1S/C9H14O3/c1-3-6-4(2)8-9(11-6)5(10)7(3)12-8/h3-10H,1-2H3/t3?,4?,5-,6?,7-,8+,9+/m1/s1. The Morgan fingerprint density at radius 1 is 0.833 bits per heavy atom. The van der Waals surface area contributed by atoms with Crippen LogP contribution in [-0.2, 0) is 9.47 Å². The minimum Gasteiger partial charge on any atom is -0.388 e. The Balaban J connectivity index is 2.01. The van der Waals surface area contributed by atoms with Gasteiger partial charge in [0.2, 0.25) is 0 Å². The Morgan fingerprint density at radius 3 is 2.08 bits per heavy atom. The van der Waals surface area contributed by atoms with Gasteiger partial charge >= 0.3 is 0 Å².